The number of hydrogen-bond acceptors (Lipinski definition) is 2. The first kappa shape index (κ1) is 10.2. The number of anilines is 1. The summed E-state index contributed by atoms with van der Waals surface area (Å²) in [5.74, 6) is -1.18. The van der Waals surface area contributed by atoms with Crippen LogP contribution in [0.15, 0.2) is 30.9 Å². The zero-order valence-electron chi connectivity index (χ0n) is 7.46. The van der Waals surface area contributed by atoms with Gasteiger partial charge in [-0.3, -0.25) is 4.79 Å². The summed E-state index contributed by atoms with van der Waals surface area (Å²) in [5, 5.41) is 11.2. The van der Waals surface area contributed by atoms with Crippen molar-refractivity contribution in [3.05, 3.63) is 36.7 Å². The number of hydrogen-bond donors (Lipinski definition) is 2. The molecule has 0 aliphatic heterocycles. The fraction of sp³-hybridized carbons (Fsp3) is 0.100. The Balaban J connectivity index is 2.76. The fourth-order valence-corrected chi connectivity index (χ4v) is 0.938. The first-order chi connectivity index (χ1) is 6.63. The number of amides is 1. The van der Waals surface area contributed by atoms with E-state index in [0.717, 1.165) is 6.07 Å². The summed E-state index contributed by atoms with van der Waals surface area (Å²) in [4.78, 5) is 11.0. The summed E-state index contributed by atoms with van der Waals surface area (Å²) < 4.78 is 13.1. The lowest BCUT2D eigenvalue weighted by Gasteiger charge is -2.04. The number of carbonyl (C=O) groups is 1. The van der Waals surface area contributed by atoms with Gasteiger partial charge in [0.2, 0.25) is 5.91 Å². The number of rotatable bonds is 3. The van der Waals surface area contributed by atoms with Crippen molar-refractivity contribution in [2.75, 3.05) is 5.32 Å². The summed E-state index contributed by atoms with van der Waals surface area (Å²) in [5.41, 5.74) is 0.0506. The zero-order valence-corrected chi connectivity index (χ0v) is 7.46. The Morgan fingerprint density at radius 1 is 1.64 bits per heavy atom. The van der Waals surface area contributed by atoms with Gasteiger partial charge in [0.05, 0.1) is 5.69 Å². The number of benzene rings is 1. The molecule has 3 nitrogen and oxygen atoms in total. The molecule has 0 unspecified atom stereocenters. The van der Waals surface area contributed by atoms with Crippen molar-refractivity contribution >= 4 is 11.6 Å². The summed E-state index contributed by atoms with van der Waals surface area (Å²) in [6.07, 6.45) is 1.55. The second-order valence-corrected chi connectivity index (χ2v) is 2.71. The van der Waals surface area contributed by atoms with E-state index in [1.54, 1.807) is 0 Å². The van der Waals surface area contributed by atoms with Crippen LogP contribution in [0, 0.1) is 5.82 Å². The monoisotopic (exact) mass is 195 g/mol. The molecule has 0 atom stereocenters. The average Bonchev–Trinajstić information content (AvgIpc) is 2.10. The van der Waals surface area contributed by atoms with Crippen LogP contribution in [0.2, 0.25) is 0 Å². The third-order valence-corrected chi connectivity index (χ3v) is 1.56. The Morgan fingerprint density at radius 2 is 2.36 bits per heavy atom. The van der Waals surface area contributed by atoms with Crippen molar-refractivity contribution in [2.45, 2.75) is 6.42 Å². The van der Waals surface area contributed by atoms with E-state index in [4.69, 9.17) is 5.11 Å². The number of nitrogens with one attached hydrogen (secondary N) is 1. The Labute approximate surface area is 80.9 Å². The van der Waals surface area contributed by atoms with Gasteiger partial charge in [-0.05, 0) is 12.1 Å². The molecule has 1 rings (SSSR count). The molecule has 0 radical (unpaired) electrons. The highest BCUT2D eigenvalue weighted by molar-refractivity contribution is 5.91. The van der Waals surface area contributed by atoms with Gasteiger partial charge in [-0.15, -0.1) is 6.58 Å². The highest BCUT2D eigenvalue weighted by atomic mass is 19.1. The number of halogens is 1. The molecule has 0 bridgehead atoms. The molecule has 1 aromatic carbocycles. The molecular formula is C10H10FNO2. The van der Waals surface area contributed by atoms with Crippen molar-refractivity contribution in [1.29, 1.82) is 0 Å². The van der Waals surface area contributed by atoms with Crippen LogP contribution in [0.1, 0.15) is 6.42 Å². The smallest absolute Gasteiger partial charge is 0.228 e. The van der Waals surface area contributed by atoms with E-state index >= 15 is 0 Å². The maximum atomic E-state index is 13.1. The molecular weight excluding hydrogens is 185 g/mol. The highest BCUT2D eigenvalue weighted by Crippen LogP contribution is 2.19. The van der Waals surface area contributed by atoms with Crippen LogP contribution in [0.5, 0.6) is 5.75 Å². The lowest BCUT2D eigenvalue weighted by atomic mass is 10.2. The molecule has 0 spiro atoms. The molecule has 0 aliphatic carbocycles. The van der Waals surface area contributed by atoms with E-state index in [1.165, 1.54) is 18.2 Å². The molecule has 0 heterocycles. The molecule has 0 fully saturated rings. The fourth-order valence-electron chi connectivity index (χ4n) is 0.938. The van der Waals surface area contributed by atoms with Crippen LogP contribution in [-0.4, -0.2) is 11.0 Å². The van der Waals surface area contributed by atoms with Gasteiger partial charge >= 0.3 is 0 Å². The molecule has 0 saturated carbocycles. The number of aromatic hydroxyl groups is 1. The van der Waals surface area contributed by atoms with Gasteiger partial charge in [0, 0.05) is 12.5 Å². The summed E-state index contributed by atoms with van der Waals surface area (Å²) in [6, 6.07) is 3.53. The van der Waals surface area contributed by atoms with E-state index < -0.39 is 5.82 Å². The van der Waals surface area contributed by atoms with Crippen molar-refractivity contribution in [3.8, 4) is 5.75 Å². The maximum Gasteiger partial charge on any atom is 0.228 e. The quantitative estimate of drug-likeness (QED) is 0.572. The minimum Gasteiger partial charge on any atom is -0.508 e. The summed E-state index contributed by atoms with van der Waals surface area (Å²) in [6.45, 7) is 3.38. The van der Waals surface area contributed by atoms with Crippen LogP contribution < -0.4 is 5.32 Å². The number of phenols is 1. The first-order valence-electron chi connectivity index (χ1n) is 4.02. The minimum atomic E-state index is -0.664. The van der Waals surface area contributed by atoms with Gasteiger partial charge in [0.15, 0.2) is 0 Å². The lowest BCUT2D eigenvalue weighted by Crippen LogP contribution is -2.10. The topological polar surface area (TPSA) is 49.3 Å². The first-order valence-corrected chi connectivity index (χ1v) is 4.02. The van der Waals surface area contributed by atoms with Gasteiger partial charge < -0.3 is 10.4 Å². The van der Waals surface area contributed by atoms with E-state index in [1.807, 2.05) is 0 Å². The van der Waals surface area contributed by atoms with Gasteiger partial charge in [0.1, 0.15) is 11.6 Å². The van der Waals surface area contributed by atoms with E-state index in [0.29, 0.717) is 0 Å². The molecule has 0 saturated heterocycles. The highest BCUT2D eigenvalue weighted by Gasteiger charge is 2.05. The van der Waals surface area contributed by atoms with Gasteiger partial charge in [-0.2, -0.15) is 0 Å². The van der Waals surface area contributed by atoms with Crippen LogP contribution in [-0.2, 0) is 4.79 Å². The van der Waals surface area contributed by atoms with Crippen molar-refractivity contribution < 1.29 is 14.3 Å². The van der Waals surface area contributed by atoms with Gasteiger partial charge in [-0.25, -0.2) is 4.39 Å². The SMILES string of the molecule is C=CCC(=O)Nc1ccc(O)cc1F. The largest absolute Gasteiger partial charge is 0.508 e. The third-order valence-electron chi connectivity index (χ3n) is 1.56. The predicted molar refractivity (Wildman–Crippen MR) is 51.5 cm³/mol. The molecule has 1 aromatic rings. The molecule has 0 aliphatic rings. The zero-order chi connectivity index (χ0) is 10.6. The maximum absolute atomic E-state index is 13.1. The average molecular weight is 195 g/mol. The second kappa shape index (κ2) is 4.41. The van der Waals surface area contributed by atoms with Crippen LogP contribution in [0.3, 0.4) is 0 Å². The molecule has 0 aromatic heterocycles. The van der Waals surface area contributed by atoms with Crippen LogP contribution in [0.4, 0.5) is 10.1 Å². The van der Waals surface area contributed by atoms with E-state index in [-0.39, 0.29) is 23.8 Å². The predicted octanol–water partition coefficient (Wildman–Crippen LogP) is 2.05. The molecule has 14 heavy (non-hydrogen) atoms. The normalized spacial score (nSPS) is 9.50. The standard InChI is InChI=1S/C10H10FNO2/c1-2-3-10(14)12-9-5-4-7(13)6-8(9)11/h2,4-6,13H,1,3H2,(H,12,14). The minimum absolute atomic E-state index is 0.0506. The third kappa shape index (κ3) is 2.58. The molecule has 4 heteroatoms. The van der Waals surface area contributed by atoms with E-state index in [9.17, 15) is 9.18 Å². The van der Waals surface area contributed by atoms with Crippen molar-refractivity contribution in [1.82, 2.24) is 0 Å². The summed E-state index contributed by atoms with van der Waals surface area (Å²) >= 11 is 0. The van der Waals surface area contributed by atoms with Gasteiger partial charge in [0.25, 0.3) is 0 Å². The molecule has 1 amide bonds. The molecule has 74 valence electrons. The van der Waals surface area contributed by atoms with Crippen molar-refractivity contribution in [2.24, 2.45) is 0 Å². The number of carbonyl (C=O) groups excluding carboxylic acids is 1. The summed E-state index contributed by atoms with van der Waals surface area (Å²) in [7, 11) is 0. The molecule has 2 N–H and O–H groups in total. The van der Waals surface area contributed by atoms with Crippen LogP contribution >= 0.6 is 0 Å². The Morgan fingerprint density at radius 3 is 2.93 bits per heavy atom. The van der Waals surface area contributed by atoms with Crippen molar-refractivity contribution in [3.63, 3.8) is 0 Å². The lowest BCUT2D eigenvalue weighted by molar-refractivity contribution is -0.115. The Bertz CT molecular complexity index is 363. The van der Waals surface area contributed by atoms with E-state index in [2.05, 4.69) is 11.9 Å². The second-order valence-electron chi connectivity index (χ2n) is 2.71. The Kier molecular flexibility index (Phi) is 3.23. The van der Waals surface area contributed by atoms with Crippen LogP contribution in [0.25, 0.3) is 0 Å². The number of phenolic OH excluding ortho intramolecular Hbond substituents is 1. The Hall–Kier alpha value is -1.84. The van der Waals surface area contributed by atoms with Gasteiger partial charge in [-0.1, -0.05) is 6.08 Å².